The van der Waals surface area contributed by atoms with E-state index in [1.54, 1.807) is 32.5 Å². The Hall–Kier alpha value is -2.87. The summed E-state index contributed by atoms with van der Waals surface area (Å²) < 4.78 is 12.1. The van der Waals surface area contributed by atoms with Crippen LogP contribution in [0.3, 0.4) is 0 Å². The van der Waals surface area contributed by atoms with Crippen LogP contribution in [0.25, 0.3) is 10.2 Å². The van der Waals surface area contributed by atoms with Gasteiger partial charge < -0.3 is 14.8 Å². The van der Waals surface area contributed by atoms with E-state index in [1.807, 2.05) is 18.2 Å². The minimum atomic E-state index is -0.647. The van der Waals surface area contributed by atoms with Crippen molar-refractivity contribution in [2.24, 2.45) is 11.3 Å². The number of aryl methyl sites for hydroxylation is 1. The van der Waals surface area contributed by atoms with E-state index in [2.05, 4.69) is 31.1 Å². The number of methoxy groups -OCH3 is 2. The fourth-order valence-corrected chi connectivity index (χ4v) is 6.09. The Morgan fingerprint density at radius 1 is 1.26 bits per heavy atom. The number of nitrogens with one attached hydrogen (secondary N) is 1. The van der Waals surface area contributed by atoms with Crippen molar-refractivity contribution >= 4 is 27.5 Å². The molecule has 2 unspecified atom stereocenters. The van der Waals surface area contributed by atoms with Crippen LogP contribution in [0.15, 0.2) is 29.3 Å². The Balaban J connectivity index is 1.47. The molecule has 2 atom stereocenters. The third-order valence-electron chi connectivity index (χ3n) is 7.18. The lowest BCUT2D eigenvalue weighted by atomic mass is 9.72. The summed E-state index contributed by atoms with van der Waals surface area (Å²) in [6.07, 6.45) is 5.11. The number of nitrogens with zero attached hydrogens (tertiary/aromatic N) is 2. The summed E-state index contributed by atoms with van der Waals surface area (Å²) in [5.41, 5.74) is 2.28. The second kappa shape index (κ2) is 10.0. The summed E-state index contributed by atoms with van der Waals surface area (Å²) in [7, 11) is 3.20. The molecule has 0 spiro atoms. The largest absolute Gasteiger partial charge is 0.493 e. The smallest absolute Gasteiger partial charge is 0.263 e. The second-order valence-corrected chi connectivity index (χ2v) is 11.4. The SMILES string of the molecule is COc1ccc(CCNC(=O)C(C)n2cnc3sc4c(c3c2=O)CCC(C(C)(C)C)C4)cc1OC. The maximum atomic E-state index is 13.4. The molecule has 0 saturated carbocycles. The molecule has 3 aromatic rings. The Morgan fingerprint density at radius 2 is 2.00 bits per heavy atom. The fourth-order valence-electron chi connectivity index (χ4n) is 4.83. The lowest BCUT2D eigenvalue weighted by molar-refractivity contribution is -0.123. The van der Waals surface area contributed by atoms with Crippen molar-refractivity contribution in [2.45, 2.75) is 59.4 Å². The zero-order valence-electron chi connectivity index (χ0n) is 21.4. The van der Waals surface area contributed by atoms with Gasteiger partial charge in [-0.1, -0.05) is 26.8 Å². The number of carbonyl (C=O) groups is 1. The first-order chi connectivity index (χ1) is 16.6. The van der Waals surface area contributed by atoms with Gasteiger partial charge in [0.15, 0.2) is 11.5 Å². The van der Waals surface area contributed by atoms with Gasteiger partial charge in [-0.15, -0.1) is 11.3 Å². The Morgan fingerprint density at radius 3 is 2.69 bits per heavy atom. The average molecular weight is 498 g/mol. The van der Waals surface area contributed by atoms with E-state index in [1.165, 1.54) is 15.8 Å². The first kappa shape index (κ1) is 25.2. The van der Waals surface area contributed by atoms with E-state index in [-0.39, 0.29) is 16.9 Å². The summed E-state index contributed by atoms with van der Waals surface area (Å²) in [4.78, 5) is 33.0. The van der Waals surface area contributed by atoms with Crippen LogP contribution in [0.4, 0.5) is 0 Å². The molecule has 0 bridgehead atoms. The van der Waals surface area contributed by atoms with E-state index < -0.39 is 6.04 Å². The molecule has 0 fully saturated rings. The topological polar surface area (TPSA) is 82.5 Å². The van der Waals surface area contributed by atoms with E-state index >= 15 is 0 Å². The molecule has 0 radical (unpaired) electrons. The number of amides is 1. The quantitative estimate of drug-likeness (QED) is 0.518. The van der Waals surface area contributed by atoms with Gasteiger partial charge in [0.2, 0.25) is 5.91 Å². The molecule has 1 amide bonds. The average Bonchev–Trinajstić information content (AvgIpc) is 3.21. The lowest BCUT2D eigenvalue weighted by Gasteiger charge is -2.33. The van der Waals surface area contributed by atoms with Crippen molar-refractivity contribution < 1.29 is 14.3 Å². The maximum absolute atomic E-state index is 13.4. The van der Waals surface area contributed by atoms with Crippen LogP contribution in [0.5, 0.6) is 11.5 Å². The first-order valence-electron chi connectivity index (χ1n) is 12.1. The van der Waals surface area contributed by atoms with Gasteiger partial charge in [-0.3, -0.25) is 14.2 Å². The van der Waals surface area contributed by atoms with Crippen LogP contribution in [-0.4, -0.2) is 36.2 Å². The van der Waals surface area contributed by atoms with Crippen LogP contribution in [0, 0.1) is 11.3 Å². The monoisotopic (exact) mass is 497 g/mol. The van der Waals surface area contributed by atoms with Gasteiger partial charge in [0.05, 0.1) is 25.9 Å². The van der Waals surface area contributed by atoms with Crippen LogP contribution in [0.2, 0.25) is 0 Å². The summed E-state index contributed by atoms with van der Waals surface area (Å²) in [5, 5.41) is 3.65. The third kappa shape index (κ3) is 5.08. The van der Waals surface area contributed by atoms with Crippen molar-refractivity contribution in [2.75, 3.05) is 20.8 Å². The van der Waals surface area contributed by atoms with Crippen LogP contribution >= 0.6 is 11.3 Å². The highest BCUT2D eigenvalue weighted by Gasteiger charge is 2.32. The molecule has 0 aliphatic heterocycles. The molecular weight excluding hydrogens is 462 g/mol. The minimum absolute atomic E-state index is 0.121. The van der Waals surface area contributed by atoms with Crippen molar-refractivity contribution in [1.29, 1.82) is 0 Å². The normalized spacial score (nSPS) is 16.6. The maximum Gasteiger partial charge on any atom is 0.263 e. The number of carbonyl (C=O) groups excluding carboxylic acids is 1. The number of fused-ring (bicyclic) bond motifs is 3. The number of hydrogen-bond donors (Lipinski definition) is 1. The third-order valence-corrected chi connectivity index (χ3v) is 8.34. The second-order valence-electron chi connectivity index (χ2n) is 10.4. The van der Waals surface area contributed by atoms with Crippen LogP contribution in [0.1, 0.15) is 56.2 Å². The van der Waals surface area contributed by atoms with E-state index in [9.17, 15) is 9.59 Å². The Kier molecular flexibility index (Phi) is 7.22. The van der Waals surface area contributed by atoms with E-state index in [0.717, 1.165) is 35.2 Å². The molecule has 8 heteroatoms. The molecule has 1 N–H and O–H groups in total. The van der Waals surface area contributed by atoms with Gasteiger partial charge in [-0.25, -0.2) is 4.98 Å². The highest BCUT2D eigenvalue weighted by molar-refractivity contribution is 7.18. The van der Waals surface area contributed by atoms with Crippen LogP contribution < -0.4 is 20.3 Å². The number of thiophene rings is 1. The molecule has 188 valence electrons. The predicted octanol–water partition coefficient (Wildman–Crippen LogP) is 4.55. The number of benzene rings is 1. The summed E-state index contributed by atoms with van der Waals surface area (Å²) >= 11 is 1.64. The summed E-state index contributed by atoms with van der Waals surface area (Å²) in [5.74, 6) is 1.72. The molecule has 7 nitrogen and oxygen atoms in total. The highest BCUT2D eigenvalue weighted by Crippen LogP contribution is 2.42. The number of aromatic nitrogens is 2. The van der Waals surface area contributed by atoms with Crippen molar-refractivity contribution in [3.8, 4) is 11.5 Å². The van der Waals surface area contributed by atoms with E-state index in [0.29, 0.717) is 35.8 Å². The van der Waals surface area contributed by atoms with Crippen LogP contribution in [-0.2, 0) is 24.1 Å². The zero-order chi connectivity index (χ0) is 25.3. The molecule has 1 aliphatic carbocycles. The molecule has 4 rings (SSSR count). The molecule has 2 aromatic heterocycles. The van der Waals surface area contributed by atoms with Gasteiger partial charge in [-0.05, 0) is 67.2 Å². The Bertz CT molecular complexity index is 1290. The molecule has 0 saturated heterocycles. The van der Waals surface area contributed by atoms with Gasteiger partial charge >= 0.3 is 0 Å². The molecular formula is C27H35N3O4S. The number of hydrogen-bond acceptors (Lipinski definition) is 6. The van der Waals surface area contributed by atoms with Crippen molar-refractivity contribution in [1.82, 2.24) is 14.9 Å². The predicted molar refractivity (Wildman–Crippen MR) is 140 cm³/mol. The molecule has 35 heavy (non-hydrogen) atoms. The minimum Gasteiger partial charge on any atom is -0.493 e. The molecule has 1 aliphatic rings. The van der Waals surface area contributed by atoms with Crippen molar-refractivity contribution in [3.05, 3.63) is 50.9 Å². The summed E-state index contributed by atoms with van der Waals surface area (Å²) in [6.45, 7) is 9.05. The van der Waals surface area contributed by atoms with Gasteiger partial charge in [0, 0.05) is 11.4 Å². The van der Waals surface area contributed by atoms with Gasteiger partial charge in [-0.2, -0.15) is 0 Å². The van der Waals surface area contributed by atoms with Gasteiger partial charge in [0.25, 0.3) is 5.56 Å². The molecule has 2 heterocycles. The number of rotatable bonds is 7. The summed E-state index contributed by atoms with van der Waals surface area (Å²) in [6, 6.07) is 5.06. The fraction of sp³-hybridized carbons (Fsp3) is 0.519. The Labute approximate surface area is 210 Å². The first-order valence-corrected chi connectivity index (χ1v) is 13.0. The van der Waals surface area contributed by atoms with Gasteiger partial charge in [0.1, 0.15) is 10.9 Å². The number of ether oxygens (including phenoxy) is 2. The zero-order valence-corrected chi connectivity index (χ0v) is 22.3. The lowest BCUT2D eigenvalue weighted by Crippen LogP contribution is -2.37. The van der Waals surface area contributed by atoms with Crippen molar-refractivity contribution in [3.63, 3.8) is 0 Å². The van der Waals surface area contributed by atoms with E-state index in [4.69, 9.17) is 9.47 Å². The standard InChI is InChI=1S/C27H35N3O4S/c1-16(24(31)28-12-11-17-7-10-20(33-5)21(13-17)34-6)30-15-29-25-23(26(30)32)19-9-8-18(27(2,3)4)14-22(19)35-25/h7,10,13,15-16,18H,8-9,11-12,14H2,1-6H3,(H,28,31). The highest BCUT2D eigenvalue weighted by atomic mass is 32.1. The molecule has 1 aromatic carbocycles.